The molecule has 3 heterocycles. The first-order chi connectivity index (χ1) is 12.5. The van der Waals surface area contributed by atoms with Gasteiger partial charge < -0.3 is 10.1 Å². The summed E-state index contributed by atoms with van der Waals surface area (Å²) in [5.74, 6) is -0.405. The quantitative estimate of drug-likeness (QED) is 0.373. The van der Waals surface area contributed by atoms with Crippen LogP contribution in [0.3, 0.4) is 0 Å². The highest BCUT2D eigenvalue weighted by Gasteiger charge is 2.22. The minimum Gasteiger partial charge on any atom is -0.462 e. The summed E-state index contributed by atoms with van der Waals surface area (Å²) in [4.78, 5) is 34.9. The Labute approximate surface area is 163 Å². The number of anilines is 1. The highest BCUT2D eigenvalue weighted by molar-refractivity contribution is 8.00. The van der Waals surface area contributed by atoms with E-state index in [0.29, 0.717) is 17.2 Å². The molecule has 136 valence electrons. The molecule has 0 aliphatic heterocycles. The number of nitrogens with zero attached hydrogens (tertiary/aromatic N) is 2. The highest BCUT2D eigenvalue weighted by atomic mass is 32.2. The maximum absolute atomic E-state index is 12.4. The lowest BCUT2D eigenvalue weighted by atomic mass is 10.1. The van der Waals surface area contributed by atoms with Gasteiger partial charge in [-0.05, 0) is 37.8 Å². The number of carbonyl (C=O) groups is 2. The molecular formula is C17H17N3O3S3. The maximum atomic E-state index is 12.4. The summed E-state index contributed by atoms with van der Waals surface area (Å²) in [5.41, 5.74) is 1.28. The molecule has 3 aromatic heterocycles. The second-order valence-corrected chi connectivity index (χ2v) is 8.45. The summed E-state index contributed by atoms with van der Waals surface area (Å²) in [6.45, 7) is 5.83. The minimum atomic E-state index is -0.409. The molecule has 1 amide bonds. The lowest BCUT2D eigenvalue weighted by Gasteiger charge is -2.07. The van der Waals surface area contributed by atoms with Crippen LogP contribution in [-0.4, -0.2) is 34.2 Å². The number of thioether (sulfide) groups is 1. The zero-order chi connectivity index (χ0) is 18.7. The highest BCUT2D eigenvalue weighted by Crippen LogP contribution is 2.33. The molecule has 0 aliphatic rings. The second-order valence-electron chi connectivity index (χ2n) is 5.36. The van der Waals surface area contributed by atoms with Crippen molar-refractivity contribution in [3.05, 3.63) is 33.8 Å². The minimum absolute atomic E-state index is 0.191. The van der Waals surface area contributed by atoms with Gasteiger partial charge in [-0.2, -0.15) is 0 Å². The van der Waals surface area contributed by atoms with Gasteiger partial charge in [0.15, 0.2) is 0 Å². The van der Waals surface area contributed by atoms with E-state index in [1.54, 1.807) is 6.92 Å². The Morgan fingerprint density at radius 3 is 2.88 bits per heavy atom. The van der Waals surface area contributed by atoms with Crippen molar-refractivity contribution in [3.63, 3.8) is 0 Å². The number of rotatable bonds is 6. The lowest BCUT2D eigenvalue weighted by molar-refractivity contribution is -0.113. The van der Waals surface area contributed by atoms with Crippen molar-refractivity contribution in [3.8, 4) is 0 Å². The Morgan fingerprint density at radius 1 is 1.31 bits per heavy atom. The van der Waals surface area contributed by atoms with Crippen molar-refractivity contribution in [2.24, 2.45) is 0 Å². The van der Waals surface area contributed by atoms with Gasteiger partial charge in [-0.15, -0.1) is 22.7 Å². The Kier molecular flexibility index (Phi) is 5.90. The topological polar surface area (TPSA) is 81.2 Å². The van der Waals surface area contributed by atoms with E-state index in [0.717, 1.165) is 25.7 Å². The summed E-state index contributed by atoms with van der Waals surface area (Å²) < 4.78 is 5.11. The number of hydrogen-bond donors (Lipinski definition) is 1. The number of ether oxygens (including phenoxy) is 1. The van der Waals surface area contributed by atoms with Crippen LogP contribution >= 0.6 is 34.4 Å². The predicted octanol–water partition coefficient (Wildman–Crippen LogP) is 4.28. The van der Waals surface area contributed by atoms with Gasteiger partial charge in [0, 0.05) is 10.3 Å². The fourth-order valence-corrected chi connectivity index (χ4v) is 4.99. The predicted molar refractivity (Wildman–Crippen MR) is 107 cm³/mol. The molecule has 1 N–H and O–H groups in total. The van der Waals surface area contributed by atoms with E-state index in [1.165, 1.54) is 40.8 Å². The van der Waals surface area contributed by atoms with Gasteiger partial charge in [-0.25, -0.2) is 14.8 Å². The van der Waals surface area contributed by atoms with Crippen LogP contribution in [0.25, 0.3) is 10.2 Å². The number of aromatic nitrogens is 2. The summed E-state index contributed by atoms with van der Waals surface area (Å²) in [7, 11) is 0. The number of esters is 1. The van der Waals surface area contributed by atoms with Gasteiger partial charge in [-0.1, -0.05) is 11.8 Å². The first-order valence-corrected chi connectivity index (χ1v) is 10.6. The van der Waals surface area contributed by atoms with E-state index in [2.05, 4.69) is 15.3 Å². The normalized spacial score (nSPS) is 10.9. The molecule has 0 atom stereocenters. The van der Waals surface area contributed by atoms with Crippen LogP contribution in [0.5, 0.6) is 0 Å². The average Bonchev–Trinajstić information content (AvgIpc) is 3.18. The third-order valence-electron chi connectivity index (χ3n) is 3.68. The molecule has 0 unspecified atom stereocenters. The molecule has 0 bridgehead atoms. The molecule has 0 aromatic carbocycles. The fourth-order valence-electron chi connectivity index (χ4n) is 2.34. The van der Waals surface area contributed by atoms with E-state index < -0.39 is 5.97 Å². The Balaban J connectivity index is 1.71. The maximum Gasteiger partial charge on any atom is 0.341 e. The van der Waals surface area contributed by atoms with Crippen molar-refractivity contribution in [2.45, 2.75) is 25.8 Å². The van der Waals surface area contributed by atoms with E-state index in [9.17, 15) is 9.59 Å². The molecule has 9 heteroatoms. The van der Waals surface area contributed by atoms with Crippen LogP contribution in [0.1, 0.15) is 27.7 Å². The van der Waals surface area contributed by atoms with E-state index >= 15 is 0 Å². The molecule has 3 rings (SSSR count). The molecule has 3 aromatic rings. The summed E-state index contributed by atoms with van der Waals surface area (Å²) in [6.07, 6.45) is 1.50. The number of thiophene rings is 2. The summed E-state index contributed by atoms with van der Waals surface area (Å²) in [5, 5.41) is 7.05. The molecular weight excluding hydrogens is 390 g/mol. The molecule has 0 aliphatic carbocycles. The summed E-state index contributed by atoms with van der Waals surface area (Å²) in [6, 6.07) is 1.95. The molecule has 0 fully saturated rings. The van der Waals surface area contributed by atoms with E-state index in [4.69, 9.17) is 4.74 Å². The smallest absolute Gasteiger partial charge is 0.341 e. The number of fused-ring (bicyclic) bond motifs is 1. The monoisotopic (exact) mass is 407 g/mol. The van der Waals surface area contributed by atoms with Crippen LogP contribution in [0.2, 0.25) is 0 Å². The molecule has 0 saturated heterocycles. The molecule has 0 radical (unpaired) electrons. The molecule has 26 heavy (non-hydrogen) atoms. The van der Waals surface area contributed by atoms with Crippen molar-refractivity contribution < 1.29 is 14.3 Å². The Hall–Kier alpha value is -1.97. The van der Waals surface area contributed by atoms with Crippen LogP contribution in [0.4, 0.5) is 5.00 Å². The lowest BCUT2D eigenvalue weighted by Crippen LogP contribution is -2.16. The van der Waals surface area contributed by atoms with Crippen LogP contribution in [0, 0.1) is 13.8 Å². The van der Waals surface area contributed by atoms with Gasteiger partial charge >= 0.3 is 5.97 Å². The zero-order valence-corrected chi connectivity index (χ0v) is 16.9. The Bertz CT molecular complexity index is 965. The third-order valence-corrected chi connectivity index (χ3v) is 6.63. The van der Waals surface area contributed by atoms with Crippen molar-refractivity contribution in [2.75, 3.05) is 17.7 Å². The number of nitrogens with one attached hydrogen (secondary N) is 1. The van der Waals surface area contributed by atoms with Crippen molar-refractivity contribution in [1.82, 2.24) is 9.97 Å². The van der Waals surface area contributed by atoms with Crippen molar-refractivity contribution >= 4 is 61.5 Å². The standard InChI is InChI=1S/C17H17N3O3S3/c1-4-23-17(22)13-9(2)10(3)26-16(13)20-12(21)7-25-15-11-5-6-24-14(11)18-8-19-15/h5-6,8H,4,7H2,1-3H3,(H,20,21). The van der Waals surface area contributed by atoms with Gasteiger partial charge in [0.05, 0.1) is 17.9 Å². The number of aryl methyl sites for hydroxylation is 1. The first-order valence-electron chi connectivity index (χ1n) is 7.89. The van der Waals surface area contributed by atoms with Crippen LogP contribution in [-0.2, 0) is 9.53 Å². The molecule has 6 nitrogen and oxygen atoms in total. The molecule has 0 spiro atoms. The number of carbonyl (C=O) groups excluding carboxylic acids is 2. The Morgan fingerprint density at radius 2 is 2.12 bits per heavy atom. The van der Waals surface area contributed by atoms with Crippen molar-refractivity contribution in [1.29, 1.82) is 0 Å². The molecule has 0 saturated carbocycles. The first kappa shape index (κ1) is 18.8. The SMILES string of the molecule is CCOC(=O)c1c(NC(=O)CSc2ncnc3sccc23)sc(C)c1C. The van der Waals surface area contributed by atoms with Gasteiger partial charge in [0.25, 0.3) is 0 Å². The van der Waals surface area contributed by atoms with Crippen LogP contribution in [0.15, 0.2) is 22.8 Å². The largest absolute Gasteiger partial charge is 0.462 e. The van der Waals surface area contributed by atoms with Gasteiger partial charge in [0.2, 0.25) is 5.91 Å². The number of hydrogen-bond acceptors (Lipinski definition) is 8. The van der Waals surface area contributed by atoms with E-state index in [-0.39, 0.29) is 11.7 Å². The second kappa shape index (κ2) is 8.15. The van der Waals surface area contributed by atoms with Crippen LogP contribution < -0.4 is 5.32 Å². The zero-order valence-electron chi connectivity index (χ0n) is 14.5. The summed E-state index contributed by atoms with van der Waals surface area (Å²) >= 11 is 4.27. The third kappa shape index (κ3) is 3.89. The fraction of sp³-hybridized carbons (Fsp3) is 0.294. The van der Waals surface area contributed by atoms with E-state index in [1.807, 2.05) is 25.3 Å². The number of amides is 1. The van der Waals surface area contributed by atoms with Gasteiger partial charge in [0.1, 0.15) is 21.2 Å². The van der Waals surface area contributed by atoms with Gasteiger partial charge in [-0.3, -0.25) is 4.79 Å². The average molecular weight is 408 g/mol.